The molecule has 3 aromatic rings. The highest BCUT2D eigenvalue weighted by Gasteiger charge is 2.22. The lowest BCUT2D eigenvalue weighted by atomic mass is 10.0. The molecule has 4 rings (SSSR count). The summed E-state index contributed by atoms with van der Waals surface area (Å²) in [5.41, 5.74) is 5.38. The van der Waals surface area contributed by atoms with E-state index in [0.717, 1.165) is 47.2 Å². The number of benzene rings is 1. The molecule has 1 amide bonds. The molecule has 2 aromatic heterocycles. The first-order chi connectivity index (χ1) is 15.1. The molecule has 6 nitrogen and oxygen atoms in total. The van der Waals surface area contributed by atoms with E-state index in [1.165, 1.54) is 25.8 Å². The van der Waals surface area contributed by atoms with Crippen LogP contribution in [0.3, 0.4) is 0 Å². The van der Waals surface area contributed by atoms with Gasteiger partial charge in [0.15, 0.2) is 5.65 Å². The zero-order valence-corrected chi connectivity index (χ0v) is 18.9. The van der Waals surface area contributed by atoms with E-state index in [4.69, 9.17) is 5.10 Å². The maximum atomic E-state index is 12.9. The Kier molecular flexibility index (Phi) is 6.66. The maximum absolute atomic E-state index is 12.9. The average Bonchev–Trinajstić information content (AvgIpc) is 3.13. The zero-order valence-electron chi connectivity index (χ0n) is 18.9. The topological polar surface area (TPSA) is 63.7 Å². The van der Waals surface area contributed by atoms with Crippen LogP contribution in [-0.2, 0) is 6.42 Å². The van der Waals surface area contributed by atoms with Gasteiger partial charge in [0.1, 0.15) is 0 Å². The summed E-state index contributed by atoms with van der Waals surface area (Å²) >= 11 is 0. The zero-order chi connectivity index (χ0) is 21.8. The van der Waals surface area contributed by atoms with Gasteiger partial charge in [0.25, 0.3) is 5.91 Å². The minimum atomic E-state index is -0.0534. The second-order valence-electron chi connectivity index (χ2n) is 8.70. The smallest absolute Gasteiger partial charge is 0.254 e. The Labute approximate surface area is 184 Å². The number of hydrogen-bond donors (Lipinski definition) is 2. The third kappa shape index (κ3) is 4.49. The summed E-state index contributed by atoms with van der Waals surface area (Å²) < 4.78 is 1.85. The number of hydrogen-bond acceptors (Lipinski definition) is 3. The molecule has 1 aromatic carbocycles. The fourth-order valence-electron chi connectivity index (χ4n) is 4.85. The molecule has 0 spiro atoms. The highest BCUT2D eigenvalue weighted by Crippen LogP contribution is 2.28. The first-order valence-electron chi connectivity index (χ1n) is 11.7. The third-order valence-corrected chi connectivity index (χ3v) is 6.60. The number of likely N-dealkylation sites (tertiary alicyclic amines) is 1. The molecule has 1 saturated heterocycles. The summed E-state index contributed by atoms with van der Waals surface area (Å²) in [5, 5.41) is 7.85. The number of fused-ring (bicyclic) bond motifs is 1. The number of nitrogens with one attached hydrogen (secondary N) is 2. The maximum Gasteiger partial charge on any atom is 0.254 e. The van der Waals surface area contributed by atoms with Crippen molar-refractivity contribution in [3.05, 3.63) is 53.5 Å². The van der Waals surface area contributed by atoms with Gasteiger partial charge in [-0.3, -0.25) is 4.79 Å². The molecule has 0 radical (unpaired) electrons. The number of quaternary nitrogens is 1. The number of carbonyl (C=O) groups excluding carboxylic acids is 1. The van der Waals surface area contributed by atoms with Gasteiger partial charge in [-0.25, -0.2) is 9.50 Å². The number of carbonyl (C=O) groups is 1. The molecule has 2 atom stereocenters. The Morgan fingerprint density at radius 2 is 2.06 bits per heavy atom. The van der Waals surface area contributed by atoms with Gasteiger partial charge in [0, 0.05) is 24.7 Å². The Hall–Kier alpha value is -2.73. The fraction of sp³-hybridized carbons (Fsp3) is 0.480. The van der Waals surface area contributed by atoms with Crippen molar-refractivity contribution >= 4 is 11.6 Å². The van der Waals surface area contributed by atoms with Crippen molar-refractivity contribution in [2.75, 3.05) is 19.6 Å². The summed E-state index contributed by atoms with van der Waals surface area (Å²) in [6.45, 7) is 9.49. The van der Waals surface area contributed by atoms with Crippen LogP contribution < -0.4 is 10.2 Å². The van der Waals surface area contributed by atoms with Crippen molar-refractivity contribution in [2.45, 2.75) is 58.9 Å². The largest absolute Gasteiger partial charge is 0.352 e. The number of aryl methyl sites for hydroxylation is 2. The van der Waals surface area contributed by atoms with Crippen molar-refractivity contribution in [3.63, 3.8) is 0 Å². The van der Waals surface area contributed by atoms with Crippen molar-refractivity contribution in [1.82, 2.24) is 19.9 Å². The van der Waals surface area contributed by atoms with Crippen molar-refractivity contribution in [3.8, 4) is 11.1 Å². The molecule has 0 saturated carbocycles. The summed E-state index contributed by atoms with van der Waals surface area (Å²) in [5.74, 6) is -0.0534. The van der Waals surface area contributed by atoms with Gasteiger partial charge in [-0.1, -0.05) is 37.3 Å². The van der Waals surface area contributed by atoms with Crippen LogP contribution in [0.2, 0.25) is 0 Å². The van der Waals surface area contributed by atoms with Gasteiger partial charge in [-0.05, 0) is 45.1 Å². The normalized spacial score (nSPS) is 18.9. The minimum absolute atomic E-state index is 0.0534. The van der Waals surface area contributed by atoms with Crippen LogP contribution in [0.1, 0.15) is 61.3 Å². The molecule has 164 valence electrons. The molecular formula is C25H34N5O+. The predicted octanol–water partition coefficient (Wildman–Crippen LogP) is 2.84. The van der Waals surface area contributed by atoms with Crippen molar-refractivity contribution in [1.29, 1.82) is 0 Å². The lowest BCUT2D eigenvalue weighted by molar-refractivity contribution is -0.928. The molecule has 3 heterocycles. The second-order valence-corrected chi connectivity index (χ2v) is 8.70. The monoisotopic (exact) mass is 420 g/mol. The summed E-state index contributed by atoms with van der Waals surface area (Å²) in [6.07, 6.45) is 7.44. The Balaban J connectivity index is 1.49. The van der Waals surface area contributed by atoms with Gasteiger partial charge in [0.05, 0.1) is 36.1 Å². The van der Waals surface area contributed by atoms with Gasteiger partial charge < -0.3 is 10.2 Å². The fourth-order valence-corrected chi connectivity index (χ4v) is 4.85. The first-order valence-corrected chi connectivity index (χ1v) is 11.7. The summed E-state index contributed by atoms with van der Waals surface area (Å²) in [7, 11) is 0. The molecule has 31 heavy (non-hydrogen) atoms. The molecule has 1 aliphatic heterocycles. The van der Waals surface area contributed by atoms with Crippen LogP contribution in [0.4, 0.5) is 0 Å². The predicted molar refractivity (Wildman–Crippen MR) is 123 cm³/mol. The highest BCUT2D eigenvalue weighted by molar-refractivity contribution is 5.95. The standard InChI is InChI=1S/C25H33N5O/c1-4-22-21(25(31)26-14-10-16-29-15-9-8-11-18(29)2)17-27-24-23(19(3)28-30(22)24)20-12-6-5-7-13-20/h5-7,12-13,17-18H,4,8-11,14-16H2,1-3H3,(H,26,31)/p+1/t18-/m0/s1. The van der Waals surface area contributed by atoms with Gasteiger partial charge in [0.2, 0.25) is 0 Å². The molecule has 2 N–H and O–H groups in total. The Morgan fingerprint density at radius 3 is 2.81 bits per heavy atom. The van der Waals surface area contributed by atoms with E-state index >= 15 is 0 Å². The van der Waals surface area contributed by atoms with Crippen LogP contribution >= 0.6 is 0 Å². The molecule has 1 fully saturated rings. The number of amides is 1. The van der Waals surface area contributed by atoms with E-state index in [1.54, 1.807) is 11.1 Å². The Morgan fingerprint density at radius 1 is 1.26 bits per heavy atom. The molecule has 0 bridgehead atoms. The van der Waals surface area contributed by atoms with E-state index in [1.807, 2.05) is 29.6 Å². The lowest BCUT2D eigenvalue weighted by Crippen LogP contribution is -3.16. The van der Waals surface area contributed by atoms with E-state index in [0.29, 0.717) is 18.5 Å². The van der Waals surface area contributed by atoms with Crippen LogP contribution in [0.15, 0.2) is 36.5 Å². The summed E-state index contributed by atoms with van der Waals surface area (Å²) in [6, 6.07) is 10.9. The van der Waals surface area contributed by atoms with Crippen LogP contribution in [0, 0.1) is 6.92 Å². The SMILES string of the molecule is CCc1c(C(=O)NCCC[NH+]2CCCC[C@@H]2C)cnc2c(-c3ccccc3)c(C)nn12. The third-order valence-electron chi connectivity index (χ3n) is 6.60. The number of aromatic nitrogens is 3. The number of piperidine rings is 1. The number of nitrogens with zero attached hydrogens (tertiary/aromatic N) is 3. The van der Waals surface area contributed by atoms with E-state index < -0.39 is 0 Å². The van der Waals surface area contributed by atoms with Crippen LogP contribution in [-0.4, -0.2) is 46.2 Å². The van der Waals surface area contributed by atoms with Gasteiger partial charge in [-0.15, -0.1) is 0 Å². The van der Waals surface area contributed by atoms with Crippen LogP contribution in [0.25, 0.3) is 16.8 Å². The highest BCUT2D eigenvalue weighted by atomic mass is 16.1. The molecule has 0 aliphatic carbocycles. The van der Waals surface area contributed by atoms with Crippen LogP contribution in [0.5, 0.6) is 0 Å². The van der Waals surface area contributed by atoms with Crippen molar-refractivity contribution < 1.29 is 9.69 Å². The second kappa shape index (κ2) is 9.60. The van der Waals surface area contributed by atoms with E-state index in [2.05, 4.69) is 36.3 Å². The number of rotatable bonds is 7. The van der Waals surface area contributed by atoms with E-state index in [-0.39, 0.29) is 5.91 Å². The van der Waals surface area contributed by atoms with Gasteiger partial charge in [-0.2, -0.15) is 5.10 Å². The minimum Gasteiger partial charge on any atom is -0.352 e. The average molecular weight is 421 g/mol. The first kappa shape index (κ1) is 21.5. The van der Waals surface area contributed by atoms with E-state index in [9.17, 15) is 4.79 Å². The Bertz CT molecular complexity index is 1040. The van der Waals surface area contributed by atoms with Gasteiger partial charge >= 0.3 is 0 Å². The van der Waals surface area contributed by atoms with Crippen molar-refractivity contribution in [2.24, 2.45) is 0 Å². The molecular weight excluding hydrogens is 386 g/mol. The summed E-state index contributed by atoms with van der Waals surface area (Å²) in [4.78, 5) is 19.3. The lowest BCUT2D eigenvalue weighted by Gasteiger charge is -2.30. The quantitative estimate of drug-likeness (QED) is 0.578. The molecule has 6 heteroatoms. The molecule has 1 aliphatic rings. The molecule has 1 unspecified atom stereocenters.